The minimum atomic E-state index is -0.505. The lowest BCUT2D eigenvalue weighted by molar-refractivity contribution is -0.157. The normalized spacial score (nSPS) is 19.4. The fourth-order valence-corrected chi connectivity index (χ4v) is 2.10. The molecule has 0 unspecified atom stereocenters. The van der Waals surface area contributed by atoms with Crippen molar-refractivity contribution in [3.63, 3.8) is 0 Å². The highest BCUT2D eigenvalue weighted by atomic mass is 16.6. The number of benzene rings is 1. The molecule has 108 valence electrons. The van der Waals surface area contributed by atoms with Crippen molar-refractivity contribution < 1.29 is 19.1 Å². The van der Waals surface area contributed by atoms with Crippen LogP contribution in [0.3, 0.4) is 0 Å². The van der Waals surface area contributed by atoms with Gasteiger partial charge < -0.3 is 14.8 Å². The average Bonchev–Trinajstić information content (AvgIpc) is 3.00. The Labute approximate surface area is 118 Å². The van der Waals surface area contributed by atoms with Crippen LogP contribution in [0.4, 0.5) is 0 Å². The van der Waals surface area contributed by atoms with Crippen LogP contribution in [0.25, 0.3) is 0 Å². The highest BCUT2D eigenvalue weighted by molar-refractivity contribution is 5.82. The van der Waals surface area contributed by atoms with Crippen LogP contribution >= 0.6 is 0 Å². The van der Waals surface area contributed by atoms with Gasteiger partial charge in [-0.05, 0) is 25.3 Å². The van der Waals surface area contributed by atoms with Gasteiger partial charge in [-0.3, -0.25) is 4.79 Å². The molecule has 1 amide bonds. The third-order valence-corrected chi connectivity index (χ3v) is 3.22. The molecule has 5 nitrogen and oxygen atoms in total. The van der Waals surface area contributed by atoms with Crippen molar-refractivity contribution in [2.24, 2.45) is 0 Å². The van der Waals surface area contributed by atoms with E-state index in [-0.39, 0.29) is 18.6 Å². The van der Waals surface area contributed by atoms with Crippen molar-refractivity contribution in [3.8, 4) is 0 Å². The van der Waals surface area contributed by atoms with Gasteiger partial charge in [0, 0.05) is 6.61 Å². The zero-order chi connectivity index (χ0) is 14.4. The highest BCUT2D eigenvalue weighted by Gasteiger charge is 2.25. The Bertz CT molecular complexity index is 454. The standard InChI is InChI=1S/C15H19NO4/c1-11(12-6-3-2-4-7-12)16-14(17)10-20-15(18)13-8-5-9-19-13/h2-4,6-7,11,13H,5,8-10H2,1H3,(H,16,17)/t11-,13-/m1/s1. The summed E-state index contributed by atoms with van der Waals surface area (Å²) in [6.07, 6.45) is 1.02. The summed E-state index contributed by atoms with van der Waals surface area (Å²) in [6, 6.07) is 9.49. The molecule has 0 aromatic heterocycles. The molecular weight excluding hydrogens is 258 g/mol. The molecule has 1 aromatic carbocycles. The van der Waals surface area contributed by atoms with Crippen LogP contribution in [0.1, 0.15) is 31.4 Å². The molecule has 0 radical (unpaired) electrons. The van der Waals surface area contributed by atoms with E-state index in [0.29, 0.717) is 13.0 Å². The van der Waals surface area contributed by atoms with Gasteiger partial charge in [-0.15, -0.1) is 0 Å². The quantitative estimate of drug-likeness (QED) is 0.830. The molecule has 1 fully saturated rings. The van der Waals surface area contributed by atoms with Crippen LogP contribution in [0.15, 0.2) is 30.3 Å². The molecule has 1 aliphatic heterocycles. The highest BCUT2D eigenvalue weighted by Crippen LogP contribution is 2.13. The van der Waals surface area contributed by atoms with Gasteiger partial charge in [0.05, 0.1) is 6.04 Å². The summed E-state index contributed by atoms with van der Waals surface area (Å²) in [7, 11) is 0. The third-order valence-electron chi connectivity index (χ3n) is 3.22. The summed E-state index contributed by atoms with van der Waals surface area (Å²) >= 11 is 0. The number of amides is 1. The fourth-order valence-electron chi connectivity index (χ4n) is 2.10. The number of carbonyl (C=O) groups excluding carboxylic acids is 2. The maximum atomic E-state index is 11.7. The van der Waals surface area contributed by atoms with Crippen molar-refractivity contribution in [2.45, 2.75) is 31.9 Å². The molecule has 0 saturated carbocycles. The molecule has 20 heavy (non-hydrogen) atoms. The van der Waals surface area contributed by atoms with Crippen molar-refractivity contribution >= 4 is 11.9 Å². The van der Waals surface area contributed by atoms with Crippen molar-refractivity contribution in [3.05, 3.63) is 35.9 Å². The second-order valence-electron chi connectivity index (χ2n) is 4.81. The second-order valence-corrected chi connectivity index (χ2v) is 4.81. The van der Waals surface area contributed by atoms with Crippen LogP contribution in [0.5, 0.6) is 0 Å². The molecular formula is C15H19NO4. The van der Waals surface area contributed by atoms with E-state index in [1.165, 1.54) is 0 Å². The Morgan fingerprint density at radius 3 is 2.80 bits per heavy atom. The van der Waals surface area contributed by atoms with E-state index < -0.39 is 12.1 Å². The summed E-state index contributed by atoms with van der Waals surface area (Å²) < 4.78 is 10.1. The van der Waals surface area contributed by atoms with E-state index in [9.17, 15) is 9.59 Å². The summed E-state index contributed by atoms with van der Waals surface area (Å²) in [5.41, 5.74) is 1.01. The van der Waals surface area contributed by atoms with E-state index in [4.69, 9.17) is 9.47 Å². The largest absolute Gasteiger partial charge is 0.454 e. The number of nitrogens with one attached hydrogen (secondary N) is 1. The van der Waals surface area contributed by atoms with Crippen LogP contribution in [-0.2, 0) is 19.1 Å². The van der Waals surface area contributed by atoms with Gasteiger partial charge in [-0.25, -0.2) is 4.79 Å². The lowest BCUT2D eigenvalue weighted by Crippen LogP contribution is -2.33. The first-order chi connectivity index (χ1) is 9.66. The Morgan fingerprint density at radius 2 is 2.15 bits per heavy atom. The number of carbonyl (C=O) groups is 2. The first kappa shape index (κ1) is 14.5. The van der Waals surface area contributed by atoms with E-state index in [1.54, 1.807) is 0 Å². The second kappa shape index (κ2) is 7.05. The molecule has 1 heterocycles. The maximum Gasteiger partial charge on any atom is 0.335 e. The van der Waals surface area contributed by atoms with Crippen LogP contribution < -0.4 is 5.32 Å². The SMILES string of the molecule is C[C@@H](NC(=O)COC(=O)[C@H]1CCCO1)c1ccccc1. The Kier molecular flexibility index (Phi) is 5.12. The Morgan fingerprint density at radius 1 is 1.40 bits per heavy atom. The minimum absolute atomic E-state index is 0.120. The van der Waals surface area contributed by atoms with Crippen LogP contribution in [0.2, 0.25) is 0 Å². The minimum Gasteiger partial charge on any atom is -0.454 e. The average molecular weight is 277 g/mol. The summed E-state index contributed by atoms with van der Waals surface area (Å²) in [5.74, 6) is -0.766. The lowest BCUT2D eigenvalue weighted by Gasteiger charge is -2.15. The van der Waals surface area contributed by atoms with Crippen molar-refractivity contribution in [1.29, 1.82) is 0 Å². The molecule has 5 heteroatoms. The summed E-state index contributed by atoms with van der Waals surface area (Å²) in [6.45, 7) is 2.20. The predicted molar refractivity (Wildman–Crippen MR) is 72.9 cm³/mol. The third kappa shape index (κ3) is 4.06. The van der Waals surface area contributed by atoms with E-state index in [0.717, 1.165) is 12.0 Å². The number of rotatable bonds is 5. The van der Waals surface area contributed by atoms with Crippen LogP contribution in [-0.4, -0.2) is 31.2 Å². The Balaban J connectivity index is 1.73. The Hall–Kier alpha value is -1.88. The van der Waals surface area contributed by atoms with Gasteiger partial charge in [-0.1, -0.05) is 30.3 Å². The molecule has 0 spiro atoms. The van der Waals surface area contributed by atoms with Gasteiger partial charge in [0.25, 0.3) is 5.91 Å². The van der Waals surface area contributed by atoms with E-state index in [1.807, 2.05) is 37.3 Å². The fraction of sp³-hybridized carbons (Fsp3) is 0.467. The van der Waals surface area contributed by atoms with E-state index >= 15 is 0 Å². The summed E-state index contributed by atoms with van der Waals surface area (Å²) in [5, 5.41) is 2.79. The lowest BCUT2D eigenvalue weighted by atomic mass is 10.1. The maximum absolute atomic E-state index is 11.7. The zero-order valence-corrected chi connectivity index (χ0v) is 11.5. The molecule has 2 atom stereocenters. The number of esters is 1. The first-order valence-corrected chi connectivity index (χ1v) is 6.79. The number of hydrogen-bond acceptors (Lipinski definition) is 4. The molecule has 2 rings (SSSR count). The molecule has 1 saturated heterocycles. The first-order valence-electron chi connectivity index (χ1n) is 6.79. The van der Waals surface area contributed by atoms with Crippen LogP contribution in [0, 0.1) is 0 Å². The van der Waals surface area contributed by atoms with Crippen molar-refractivity contribution in [1.82, 2.24) is 5.32 Å². The predicted octanol–water partition coefficient (Wildman–Crippen LogP) is 1.59. The van der Waals surface area contributed by atoms with Gasteiger partial charge in [-0.2, -0.15) is 0 Å². The van der Waals surface area contributed by atoms with E-state index in [2.05, 4.69) is 5.32 Å². The zero-order valence-electron chi connectivity index (χ0n) is 11.5. The molecule has 0 aliphatic carbocycles. The molecule has 1 aromatic rings. The van der Waals surface area contributed by atoms with Gasteiger partial charge in [0.1, 0.15) is 0 Å². The van der Waals surface area contributed by atoms with Gasteiger partial charge in [0.2, 0.25) is 0 Å². The number of ether oxygens (including phenoxy) is 2. The van der Waals surface area contributed by atoms with Gasteiger partial charge >= 0.3 is 5.97 Å². The number of hydrogen-bond donors (Lipinski definition) is 1. The van der Waals surface area contributed by atoms with Crippen molar-refractivity contribution in [2.75, 3.05) is 13.2 Å². The monoisotopic (exact) mass is 277 g/mol. The molecule has 1 aliphatic rings. The van der Waals surface area contributed by atoms with Gasteiger partial charge in [0.15, 0.2) is 12.7 Å². The smallest absolute Gasteiger partial charge is 0.335 e. The summed E-state index contributed by atoms with van der Waals surface area (Å²) in [4.78, 5) is 23.3. The molecule has 1 N–H and O–H groups in total. The molecule has 0 bridgehead atoms. The topological polar surface area (TPSA) is 64.6 Å².